The van der Waals surface area contributed by atoms with E-state index in [2.05, 4.69) is 22.5 Å². The molecule has 1 amide bonds. The number of hydrogen-bond donors (Lipinski definition) is 2. The van der Waals surface area contributed by atoms with Crippen LogP contribution in [0.15, 0.2) is 65.0 Å². The molecule has 1 aliphatic heterocycles. The number of aryl methyl sites for hydroxylation is 2. The molecule has 5 nitrogen and oxygen atoms in total. The van der Waals surface area contributed by atoms with E-state index in [1.807, 2.05) is 57.2 Å². The molecule has 2 unspecified atom stereocenters. The lowest BCUT2D eigenvalue weighted by atomic mass is 9.72. The van der Waals surface area contributed by atoms with E-state index in [0.717, 1.165) is 40.2 Å². The molecule has 4 rings (SSSR count). The standard InChI is InChI=1S/C25H27N3O2/c1-14-12-19-24(20(29)13-14)23(18-10-6-5-8-15(18)2)22(17(4)27-19)25(30)28-21-11-7-9-16(3)26-21/h5-11,14,23,27H,12-13H2,1-4H3,(H,26,28,30). The van der Waals surface area contributed by atoms with Gasteiger partial charge in [-0.2, -0.15) is 0 Å². The Kier molecular flexibility index (Phi) is 5.29. The van der Waals surface area contributed by atoms with E-state index in [-0.39, 0.29) is 17.6 Å². The number of amides is 1. The lowest BCUT2D eigenvalue weighted by molar-refractivity contribution is -0.117. The first-order valence-corrected chi connectivity index (χ1v) is 10.4. The van der Waals surface area contributed by atoms with Gasteiger partial charge in [0, 0.05) is 40.6 Å². The summed E-state index contributed by atoms with van der Waals surface area (Å²) in [7, 11) is 0. The lowest BCUT2D eigenvalue weighted by Gasteiger charge is -2.36. The third-order valence-corrected chi connectivity index (χ3v) is 5.91. The van der Waals surface area contributed by atoms with Crippen LogP contribution in [0.1, 0.15) is 49.4 Å². The Morgan fingerprint density at radius 3 is 2.57 bits per heavy atom. The quantitative estimate of drug-likeness (QED) is 0.791. The molecule has 154 valence electrons. The summed E-state index contributed by atoms with van der Waals surface area (Å²) in [6.45, 7) is 7.92. The minimum Gasteiger partial charge on any atom is -0.362 e. The van der Waals surface area contributed by atoms with E-state index in [9.17, 15) is 9.59 Å². The van der Waals surface area contributed by atoms with Crippen molar-refractivity contribution in [2.45, 2.75) is 46.5 Å². The van der Waals surface area contributed by atoms with Crippen molar-refractivity contribution in [1.29, 1.82) is 0 Å². The van der Waals surface area contributed by atoms with Crippen molar-refractivity contribution in [2.24, 2.45) is 5.92 Å². The molecule has 0 fully saturated rings. The second-order valence-electron chi connectivity index (χ2n) is 8.40. The van der Waals surface area contributed by atoms with Crippen LogP contribution in [0.3, 0.4) is 0 Å². The third-order valence-electron chi connectivity index (χ3n) is 5.91. The number of anilines is 1. The van der Waals surface area contributed by atoms with Crippen molar-refractivity contribution in [1.82, 2.24) is 10.3 Å². The SMILES string of the molecule is CC1=C(C(=O)Nc2cccc(C)n2)C(c2ccccc2C)C2=C(CC(C)CC2=O)N1. The summed E-state index contributed by atoms with van der Waals surface area (Å²) in [6.07, 6.45) is 1.32. The number of Topliss-reactive ketones (excluding diaryl/α,β-unsaturated/α-hetero) is 1. The topological polar surface area (TPSA) is 71.1 Å². The van der Waals surface area contributed by atoms with Gasteiger partial charge in [0.05, 0.1) is 0 Å². The summed E-state index contributed by atoms with van der Waals surface area (Å²) in [6, 6.07) is 13.5. The maximum atomic E-state index is 13.4. The number of nitrogens with zero attached hydrogens (tertiary/aromatic N) is 1. The highest BCUT2D eigenvalue weighted by molar-refractivity contribution is 6.09. The third kappa shape index (κ3) is 3.67. The Bertz CT molecular complexity index is 1100. The Morgan fingerprint density at radius 2 is 1.83 bits per heavy atom. The summed E-state index contributed by atoms with van der Waals surface area (Å²) in [5, 5.41) is 6.32. The van der Waals surface area contributed by atoms with Crippen LogP contribution in [-0.2, 0) is 9.59 Å². The van der Waals surface area contributed by atoms with E-state index in [1.165, 1.54) is 0 Å². The summed E-state index contributed by atoms with van der Waals surface area (Å²) in [5.41, 5.74) is 5.94. The van der Waals surface area contributed by atoms with E-state index in [0.29, 0.717) is 23.7 Å². The Labute approximate surface area is 177 Å². The Morgan fingerprint density at radius 1 is 1.07 bits per heavy atom. The predicted molar refractivity (Wildman–Crippen MR) is 118 cm³/mol. The average molecular weight is 402 g/mol. The number of dihydropyridines is 1. The smallest absolute Gasteiger partial charge is 0.255 e. The number of aromatic nitrogens is 1. The van der Waals surface area contributed by atoms with Gasteiger partial charge in [-0.25, -0.2) is 4.98 Å². The highest BCUT2D eigenvalue weighted by Gasteiger charge is 2.40. The predicted octanol–water partition coefficient (Wildman–Crippen LogP) is 4.55. The largest absolute Gasteiger partial charge is 0.362 e. The fourth-order valence-corrected chi connectivity index (χ4v) is 4.55. The lowest BCUT2D eigenvalue weighted by Crippen LogP contribution is -2.37. The Hall–Kier alpha value is -3.21. The van der Waals surface area contributed by atoms with Crippen molar-refractivity contribution >= 4 is 17.5 Å². The molecular formula is C25H27N3O2. The molecule has 1 aromatic heterocycles. The van der Waals surface area contributed by atoms with E-state index >= 15 is 0 Å². The first-order valence-electron chi connectivity index (χ1n) is 10.4. The zero-order valence-electron chi connectivity index (χ0n) is 17.9. The normalized spacial score (nSPS) is 21.3. The molecule has 2 aliphatic rings. The fourth-order valence-electron chi connectivity index (χ4n) is 4.55. The van der Waals surface area contributed by atoms with Gasteiger partial charge in [-0.05, 0) is 56.4 Å². The van der Waals surface area contributed by atoms with Crippen LogP contribution in [0, 0.1) is 19.8 Å². The molecule has 5 heteroatoms. The minimum absolute atomic E-state index is 0.121. The van der Waals surface area contributed by atoms with Gasteiger partial charge in [-0.1, -0.05) is 37.3 Å². The van der Waals surface area contributed by atoms with Gasteiger partial charge in [0.2, 0.25) is 0 Å². The summed E-state index contributed by atoms with van der Waals surface area (Å²) in [5.74, 6) is 0.306. The molecule has 30 heavy (non-hydrogen) atoms. The molecule has 2 heterocycles. The van der Waals surface area contributed by atoms with E-state index in [1.54, 1.807) is 6.07 Å². The molecule has 0 saturated carbocycles. The second kappa shape index (κ2) is 7.90. The number of ketones is 1. The molecule has 0 radical (unpaired) electrons. The van der Waals surface area contributed by atoms with Crippen LogP contribution < -0.4 is 10.6 Å². The fraction of sp³-hybridized carbons (Fsp3) is 0.320. The maximum Gasteiger partial charge on any atom is 0.255 e. The highest BCUT2D eigenvalue weighted by atomic mass is 16.2. The first-order chi connectivity index (χ1) is 14.3. The second-order valence-corrected chi connectivity index (χ2v) is 8.40. The monoisotopic (exact) mass is 401 g/mol. The molecule has 2 N–H and O–H groups in total. The zero-order chi connectivity index (χ0) is 21.4. The van der Waals surface area contributed by atoms with Gasteiger partial charge in [-0.15, -0.1) is 0 Å². The number of carbonyl (C=O) groups excluding carboxylic acids is 2. The van der Waals surface area contributed by atoms with Crippen LogP contribution in [0.5, 0.6) is 0 Å². The average Bonchev–Trinajstić information content (AvgIpc) is 2.67. The summed E-state index contributed by atoms with van der Waals surface area (Å²) in [4.78, 5) is 31.0. The molecule has 0 spiro atoms. The molecule has 2 atom stereocenters. The summed E-state index contributed by atoms with van der Waals surface area (Å²) < 4.78 is 0. The molecule has 1 aromatic carbocycles. The van der Waals surface area contributed by atoms with Crippen LogP contribution >= 0.6 is 0 Å². The maximum absolute atomic E-state index is 13.4. The molecule has 1 aliphatic carbocycles. The van der Waals surface area contributed by atoms with Crippen LogP contribution in [0.4, 0.5) is 5.82 Å². The number of pyridine rings is 1. The van der Waals surface area contributed by atoms with Crippen molar-refractivity contribution in [2.75, 3.05) is 5.32 Å². The number of hydrogen-bond acceptors (Lipinski definition) is 4. The minimum atomic E-state index is -0.382. The van der Waals surface area contributed by atoms with Gasteiger partial charge in [0.25, 0.3) is 5.91 Å². The van der Waals surface area contributed by atoms with Gasteiger partial charge >= 0.3 is 0 Å². The van der Waals surface area contributed by atoms with E-state index in [4.69, 9.17) is 0 Å². The van der Waals surface area contributed by atoms with Gasteiger partial charge < -0.3 is 10.6 Å². The van der Waals surface area contributed by atoms with Crippen LogP contribution in [0.25, 0.3) is 0 Å². The molecular weight excluding hydrogens is 374 g/mol. The zero-order valence-corrected chi connectivity index (χ0v) is 17.9. The first kappa shape index (κ1) is 20.1. The van der Waals surface area contributed by atoms with Crippen molar-refractivity contribution in [3.8, 4) is 0 Å². The molecule has 0 saturated heterocycles. The number of carbonyl (C=O) groups is 2. The van der Waals surface area contributed by atoms with Crippen molar-refractivity contribution in [3.63, 3.8) is 0 Å². The van der Waals surface area contributed by atoms with Gasteiger partial charge in [-0.3, -0.25) is 9.59 Å². The Balaban J connectivity index is 1.81. The van der Waals surface area contributed by atoms with Crippen molar-refractivity contribution < 1.29 is 9.59 Å². The highest BCUT2D eigenvalue weighted by Crippen LogP contribution is 2.44. The van der Waals surface area contributed by atoms with Gasteiger partial charge in [0.15, 0.2) is 5.78 Å². The van der Waals surface area contributed by atoms with Crippen LogP contribution in [-0.4, -0.2) is 16.7 Å². The number of rotatable bonds is 3. The van der Waals surface area contributed by atoms with Gasteiger partial charge in [0.1, 0.15) is 5.82 Å². The number of benzene rings is 1. The summed E-state index contributed by atoms with van der Waals surface area (Å²) >= 11 is 0. The molecule has 0 bridgehead atoms. The molecule has 2 aromatic rings. The number of nitrogens with one attached hydrogen (secondary N) is 2. The van der Waals surface area contributed by atoms with Crippen LogP contribution in [0.2, 0.25) is 0 Å². The van der Waals surface area contributed by atoms with E-state index < -0.39 is 0 Å². The van der Waals surface area contributed by atoms with Crippen molar-refractivity contribution in [3.05, 3.63) is 81.8 Å². The number of allylic oxidation sites excluding steroid dienone is 3.